The molecule has 0 radical (unpaired) electrons. The first-order valence-electron chi connectivity index (χ1n) is 9.11. The number of aromatic nitrogens is 2. The van der Waals surface area contributed by atoms with Crippen molar-refractivity contribution < 1.29 is 0 Å². The van der Waals surface area contributed by atoms with Gasteiger partial charge in [-0.3, -0.25) is 0 Å². The van der Waals surface area contributed by atoms with E-state index in [0.717, 1.165) is 28.6 Å². The molecule has 0 amide bonds. The SMILES string of the molecule is C=C(Nc1nc(Cl)nc2ccccc12)c1ccccc1C(CC)CCC. The van der Waals surface area contributed by atoms with Crippen LogP contribution in [-0.2, 0) is 0 Å². The molecule has 1 atom stereocenters. The Hall–Kier alpha value is -2.39. The number of hydrogen-bond acceptors (Lipinski definition) is 3. The van der Waals surface area contributed by atoms with Crippen molar-refractivity contribution in [2.75, 3.05) is 5.32 Å². The van der Waals surface area contributed by atoms with Gasteiger partial charge in [0.1, 0.15) is 5.82 Å². The number of para-hydroxylation sites is 1. The maximum absolute atomic E-state index is 6.11. The van der Waals surface area contributed by atoms with E-state index in [-0.39, 0.29) is 5.28 Å². The fourth-order valence-electron chi connectivity index (χ4n) is 3.41. The van der Waals surface area contributed by atoms with E-state index in [1.165, 1.54) is 18.4 Å². The predicted octanol–water partition coefficient (Wildman–Crippen LogP) is 6.66. The summed E-state index contributed by atoms with van der Waals surface area (Å²) in [5, 5.41) is 4.53. The Kier molecular flexibility index (Phi) is 5.89. The van der Waals surface area contributed by atoms with Crippen LogP contribution in [-0.4, -0.2) is 9.97 Å². The Bertz CT molecular complexity index is 920. The van der Waals surface area contributed by atoms with Crippen LogP contribution in [0, 0.1) is 0 Å². The van der Waals surface area contributed by atoms with Crippen molar-refractivity contribution in [3.63, 3.8) is 0 Å². The first-order chi connectivity index (χ1) is 12.6. The van der Waals surface area contributed by atoms with E-state index < -0.39 is 0 Å². The van der Waals surface area contributed by atoms with E-state index in [4.69, 9.17) is 11.6 Å². The maximum atomic E-state index is 6.11. The average Bonchev–Trinajstić information content (AvgIpc) is 2.66. The van der Waals surface area contributed by atoms with E-state index in [9.17, 15) is 0 Å². The zero-order chi connectivity index (χ0) is 18.5. The lowest BCUT2D eigenvalue weighted by Gasteiger charge is -2.20. The zero-order valence-corrected chi connectivity index (χ0v) is 16.1. The van der Waals surface area contributed by atoms with Gasteiger partial charge in [0.15, 0.2) is 0 Å². The highest BCUT2D eigenvalue weighted by Gasteiger charge is 2.15. The van der Waals surface area contributed by atoms with Gasteiger partial charge in [-0.25, -0.2) is 4.98 Å². The second-order valence-corrected chi connectivity index (χ2v) is 6.78. The van der Waals surface area contributed by atoms with Gasteiger partial charge in [0, 0.05) is 16.6 Å². The smallest absolute Gasteiger partial charge is 0.224 e. The van der Waals surface area contributed by atoms with Crippen LogP contribution in [0.3, 0.4) is 0 Å². The minimum atomic E-state index is 0.227. The summed E-state index contributed by atoms with van der Waals surface area (Å²) >= 11 is 6.11. The number of fused-ring (bicyclic) bond motifs is 1. The Balaban J connectivity index is 1.97. The molecule has 1 N–H and O–H groups in total. The second-order valence-electron chi connectivity index (χ2n) is 6.44. The molecule has 0 aliphatic rings. The van der Waals surface area contributed by atoms with Crippen molar-refractivity contribution in [3.05, 3.63) is 71.5 Å². The van der Waals surface area contributed by atoms with Crippen LogP contribution in [0.5, 0.6) is 0 Å². The number of benzene rings is 2. The molecular weight excluding hydrogens is 342 g/mol. The first-order valence-corrected chi connectivity index (χ1v) is 9.49. The number of hydrogen-bond donors (Lipinski definition) is 1. The molecule has 0 spiro atoms. The maximum Gasteiger partial charge on any atom is 0.224 e. The van der Waals surface area contributed by atoms with Crippen molar-refractivity contribution >= 4 is 34.0 Å². The third kappa shape index (κ3) is 3.88. The molecule has 0 saturated carbocycles. The van der Waals surface area contributed by atoms with Crippen molar-refractivity contribution in [2.24, 2.45) is 0 Å². The molecule has 2 aromatic carbocycles. The number of nitrogens with zero attached hydrogens (tertiary/aromatic N) is 2. The highest BCUT2D eigenvalue weighted by molar-refractivity contribution is 6.28. The van der Waals surface area contributed by atoms with Crippen molar-refractivity contribution in [1.82, 2.24) is 9.97 Å². The molecule has 0 saturated heterocycles. The lowest BCUT2D eigenvalue weighted by Crippen LogP contribution is -2.07. The summed E-state index contributed by atoms with van der Waals surface area (Å²) in [6, 6.07) is 16.3. The van der Waals surface area contributed by atoms with Gasteiger partial charge in [-0.2, -0.15) is 4.98 Å². The topological polar surface area (TPSA) is 37.8 Å². The summed E-state index contributed by atoms with van der Waals surface area (Å²) < 4.78 is 0. The first kappa shape index (κ1) is 18.4. The standard InChI is InChI=1S/C22H24ClN3/c1-4-10-16(5-2)18-12-7-6-11-17(18)15(3)24-21-19-13-8-9-14-20(19)25-22(23)26-21/h6-9,11-14,16H,3-5,10H2,1-2H3,(H,24,25,26). The summed E-state index contributed by atoms with van der Waals surface area (Å²) in [4.78, 5) is 8.66. The third-order valence-electron chi connectivity index (χ3n) is 4.70. The number of nitrogens with one attached hydrogen (secondary N) is 1. The Morgan fingerprint density at radius 3 is 2.58 bits per heavy atom. The molecule has 3 rings (SSSR count). The van der Waals surface area contributed by atoms with Crippen molar-refractivity contribution in [2.45, 2.75) is 39.0 Å². The van der Waals surface area contributed by atoms with Gasteiger partial charge >= 0.3 is 0 Å². The fraction of sp³-hybridized carbons (Fsp3) is 0.273. The normalized spacial score (nSPS) is 12.1. The molecule has 1 unspecified atom stereocenters. The van der Waals surface area contributed by atoms with Gasteiger partial charge in [0.25, 0.3) is 0 Å². The Morgan fingerprint density at radius 2 is 1.81 bits per heavy atom. The van der Waals surface area contributed by atoms with E-state index in [1.54, 1.807) is 0 Å². The summed E-state index contributed by atoms with van der Waals surface area (Å²) in [6.45, 7) is 8.75. The van der Waals surface area contributed by atoms with Crippen LogP contribution >= 0.6 is 11.6 Å². The number of halogens is 1. The summed E-state index contributed by atoms with van der Waals surface area (Å²) in [5.41, 5.74) is 4.11. The van der Waals surface area contributed by atoms with Gasteiger partial charge < -0.3 is 5.32 Å². The van der Waals surface area contributed by atoms with Gasteiger partial charge in [0.2, 0.25) is 5.28 Å². The fourth-order valence-corrected chi connectivity index (χ4v) is 3.59. The van der Waals surface area contributed by atoms with Crippen LogP contribution in [0.25, 0.3) is 16.6 Å². The van der Waals surface area contributed by atoms with Crippen LogP contribution < -0.4 is 5.32 Å². The predicted molar refractivity (Wildman–Crippen MR) is 112 cm³/mol. The Morgan fingerprint density at radius 1 is 1.08 bits per heavy atom. The summed E-state index contributed by atoms with van der Waals surface area (Å²) in [6.07, 6.45) is 3.45. The lowest BCUT2D eigenvalue weighted by molar-refractivity contribution is 0.595. The van der Waals surface area contributed by atoms with Gasteiger partial charge in [-0.15, -0.1) is 0 Å². The highest BCUT2D eigenvalue weighted by atomic mass is 35.5. The molecule has 0 bridgehead atoms. The van der Waals surface area contributed by atoms with E-state index in [1.807, 2.05) is 24.3 Å². The third-order valence-corrected chi connectivity index (χ3v) is 4.87. The van der Waals surface area contributed by atoms with Crippen molar-refractivity contribution in [3.8, 4) is 0 Å². The van der Waals surface area contributed by atoms with Gasteiger partial charge in [-0.05, 0) is 48.1 Å². The molecule has 1 heterocycles. The minimum Gasteiger partial charge on any atom is -0.340 e. The molecule has 1 aromatic heterocycles. The molecule has 4 heteroatoms. The molecule has 0 fully saturated rings. The lowest BCUT2D eigenvalue weighted by atomic mass is 9.88. The van der Waals surface area contributed by atoms with E-state index in [2.05, 4.69) is 60.0 Å². The number of rotatable bonds is 7. The van der Waals surface area contributed by atoms with E-state index in [0.29, 0.717) is 11.7 Å². The molecule has 134 valence electrons. The van der Waals surface area contributed by atoms with Crippen molar-refractivity contribution in [1.29, 1.82) is 0 Å². The zero-order valence-electron chi connectivity index (χ0n) is 15.3. The molecule has 0 aliphatic heterocycles. The van der Waals surface area contributed by atoms with Gasteiger partial charge in [-0.1, -0.05) is 63.2 Å². The molecule has 26 heavy (non-hydrogen) atoms. The quantitative estimate of drug-likeness (QED) is 0.475. The molecule has 3 aromatic rings. The summed E-state index contributed by atoms with van der Waals surface area (Å²) in [7, 11) is 0. The second kappa shape index (κ2) is 8.33. The monoisotopic (exact) mass is 365 g/mol. The van der Waals surface area contributed by atoms with Crippen LogP contribution in [0.1, 0.15) is 50.2 Å². The molecule has 3 nitrogen and oxygen atoms in total. The molecule has 0 aliphatic carbocycles. The Labute approximate surface area is 160 Å². The van der Waals surface area contributed by atoms with E-state index >= 15 is 0 Å². The largest absolute Gasteiger partial charge is 0.340 e. The average molecular weight is 366 g/mol. The highest BCUT2D eigenvalue weighted by Crippen LogP contribution is 2.32. The summed E-state index contributed by atoms with van der Waals surface area (Å²) in [5.74, 6) is 1.21. The van der Waals surface area contributed by atoms with Gasteiger partial charge in [0.05, 0.1) is 5.52 Å². The number of anilines is 1. The van der Waals surface area contributed by atoms with Crippen LogP contribution in [0.4, 0.5) is 5.82 Å². The minimum absolute atomic E-state index is 0.227. The molecular formula is C22H24ClN3. The van der Waals surface area contributed by atoms with Crippen LogP contribution in [0.2, 0.25) is 5.28 Å². The van der Waals surface area contributed by atoms with Crippen LogP contribution in [0.15, 0.2) is 55.1 Å².